The van der Waals surface area contributed by atoms with Gasteiger partial charge in [-0.15, -0.1) is 11.8 Å². The minimum Gasteiger partial charge on any atom is -0.494 e. The normalized spacial score (nSPS) is 11.1. The second-order valence-corrected chi connectivity index (χ2v) is 10.4. The summed E-state index contributed by atoms with van der Waals surface area (Å²) in [5.41, 5.74) is 1.50. The van der Waals surface area contributed by atoms with Gasteiger partial charge in [0.25, 0.3) is 10.0 Å². The fraction of sp³-hybridized carbons (Fsp3) is 0.269. The Morgan fingerprint density at radius 1 is 0.914 bits per heavy atom. The van der Waals surface area contributed by atoms with E-state index in [4.69, 9.17) is 9.47 Å². The number of nitrogens with one attached hydrogen (secondary N) is 1. The SMILES string of the molecule is CCOc1ccc(N(CC(=O)NCCOc2ccc(C)cc2)S(=O)(=O)c2ccc(SC)cc2)cc1. The number of anilines is 1. The molecule has 3 rings (SSSR count). The molecule has 35 heavy (non-hydrogen) atoms. The number of rotatable bonds is 12. The molecule has 1 amide bonds. The number of sulfonamides is 1. The lowest BCUT2D eigenvalue weighted by Crippen LogP contribution is -2.41. The molecule has 0 aliphatic heterocycles. The van der Waals surface area contributed by atoms with E-state index in [0.717, 1.165) is 14.8 Å². The molecule has 9 heteroatoms. The van der Waals surface area contributed by atoms with Gasteiger partial charge in [0.15, 0.2) is 0 Å². The maximum atomic E-state index is 13.5. The average molecular weight is 515 g/mol. The molecule has 1 N–H and O–H groups in total. The number of benzene rings is 3. The van der Waals surface area contributed by atoms with Crippen LogP contribution in [0.5, 0.6) is 11.5 Å². The van der Waals surface area contributed by atoms with Crippen molar-refractivity contribution in [2.75, 3.05) is 36.9 Å². The molecule has 0 bridgehead atoms. The first kappa shape index (κ1) is 26.4. The highest BCUT2D eigenvalue weighted by Crippen LogP contribution is 2.27. The Labute approximate surface area is 211 Å². The van der Waals surface area contributed by atoms with E-state index in [2.05, 4.69) is 5.32 Å². The molecule has 0 radical (unpaired) electrons. The molecule has 0 aromatic heterocycles. The van der Waals surface area contributed by atoms with Crippen molar-refractivity contribution < 1.29 is 22.7 Å². The van der Waals surface area contributed by atoms with Gasteiger partial charge in [0, 0.05) is 4.90 Å². The van der Waals surface area contributed by atoms with E-state index in [1.807, 2.05) is 44.4 Å². The molecule has 0 aliphatic rings. The van der Waals surface area contributed by atoms with Gasteiger partial charge in [-0.25, -0.2) is 8.42 Å². The molecule has 3 aromatic carbocycles. The molecule has 0 atom stereocenters. The van der Waals surface area contributed by atoms with E-state index in [-0.39, 0.29) is 24.6 Å². The minimum absolute atomic E-state index is 0.111. The van der Waals surface area contributed by atoms with E-state index in [0.29, 0.717) is 23.8 Å². The number of hydrogen-bond acceptors (Lipinski definition) is 6. The number of carbonyl (C=O) groups is 1. The summed E-state index contributed by atoms with van der Waals surface area (Å²) in [5.74, 6) is 0.892. The zero-order valence-corrected chi connectivity index (χ0v) is 21.7. The van der Waals surface area contributed by atoms with E-state index in [1.165, 1.54) is 11.8 Å². The Hall–Kier alpha value is -3.17. The van der Waals surface area contributed by atoms with E-state index < -0.39 is 15.9 Å². The number of aryl methyl sites for hydroxylation is 1. The molecule has 0 saturated carbocycles. The molecule has 0 heterocycles. The fourth-order valence-electron chi connectivity index (χ4n) is 3.25. The van der Waals surface area contributed by atoms with Crippen LogP contribution in [0.4, 0.5) is 5.69 Å². The summed E-state index contributed by atoms with van der Waals surface area (Å²) in [5, 5.41) is 2.74. The Morgan fingerprint density at radius 2 is 1.51 bits per heavy atom. The molecule has 0 spiro atoms. The number of nitrogens with zero attached hydrogens (tertiary/aromatic N) is 1. The fourth-order valence-corrected chi connectivity index (χ4v) is 5.07. The standard InChI is InChI=1S/C26H30N2O5S2/c1-4-32-22-11-7-21(8-12-22)28(35(30,31)25-15-13-24(34-3)14-16-25)19-26(29)27-17-18-33-23-9-5-20(2)6-10-23/h5-16H,4,17-19H2,1-3H3,(H,27,29). The first-order valence-electron chi connectivity index (χ1n) is 11.2. The van der Waals surface area contributed by atoms with Crippen molar-refractivity contribution in [1.29, 1.82) is 0 Å². The lowest BCUT2D eigenvalue weighted by molar-refractivity contribution is -0.119. The second kappa shape index (κ2) is 12.5. The van der Waals surface area contributed by atoms with Crippen molar-refractivity contribution >= 4 is 33.4 Å². The van der Waals surface area contributed by atoms with Gasteiger partial charge in [-0.3, -0.25) is 9.10 Å². The third-order valence-corrected chi connectivity index (χ3v) is 7.62. The molecule has 186 valence electrons. The molecule has 3 aromatic rings. The van der Waals surface area contributed by atoms with Crippen molar-refractivity contribution in [1.82, 2.24) is 5.32 Å². The first-order valence-corrected chi connectivity index (χ1v) is 13.9. The minimum atomic E-state index is -3.99. The van der Waals surface area contributed by atoms with Crippen LogP contribution >= 0.6 is 11.8 Å². The topological polar surface area (TPSA) is 84.9 Å². The average Bonchev–Trinajstić information content (AvgIpc) is 2.87. The van der Waals surface area contributed by atoms with Crippen LogP contribution in [0, 0.1) is 6.92 Å². The third kappa shape index (κ3) is 7.40. The van der Waals surface area contributed by atoms with Crippen molar-refractivity contribution in [2.45, 2.75) is 23.6 Å². The largest absolute Gasteiger partial charge is 0.494 e. The molecule has 0 fully saturated rings. The van der Waals surface area contributed by atoms with Gasteiger partial charge >= 0.3 is 0 Å². The molecule has 0 aliphatic carbocycles. The van der Waals surface area contributed by atoms with Gasteiger partial charge < -0.3 is 14.8 Å². The van der Waals surface area contributed by atoms with Crippen LogP contribution in [0.15, 0.2) is 82.6 Å². The van der Waals surface area contributed by atoms with Crippen molar-refractivity contribution in [2.24, 2.45) is 0 Å². The van der Waals surface area contributed by atoms with Crippen molar-refractivity contribution in [3.63, 3.8) is 0 Å². The van der Waals surface area contributed by atoms with Gasteiger partial charge in [0.1, 0.15) is 24.7 Å². The zero-order chi connectivity index (χ0) is 25.3. The van der Waals surface area contributed by atoms with Crippen LogP contribution in [0.1, 0.15) is 12.5 Å². The summed E-state index contributed by atoms with van der Waals surface area (Å²) in [4.78, 5) is 13.8. The summed E-state index contributed by atoms with van der Waals surface area (Å²) in [6.45, 7) is 4.50. The van der Waals surface area contributed by atoms with Gasteiger partial charge in [-0.1, -0.05) is 17.7 Å². The highest BCUT2D eigenvalue weighted by molar-refractivity contribution is 7.98. The Kier molecular flexibility index (Phi) is 9.45. The van der Waals surface area contributed by atoms with Crippen LogP contribution in [0.3, 0.4) is 0 Å². The molecule has 7 nitrogen and oxygen atoms in total. The second-order valence-electron chi connectivity index (χ2n) is 7.63. The van der Waals surface area contributed by atoms with E-state index in [9.17, 15) is 13.2 Å². The number of amides is 1. The predicted octanol–water partition coefficient (Wildman–Crippen LogP) is 4.51. The quantitative estimate of drug-likeness (QED) is 0.283. The van der Waals surface area contributed by atoms with Crippen LogP contribution in [0.25, 0.3) is 0 Å². The van der Waals surface area contributed by atoms with E-state index in [1.54, 1.807) is 48.5 Å². The lowest BCUT2D eigenvalue weighted by atomic mass is 10.2. The van der Waals surface area contributed by atoms with Crippen molar-refractivity contribution in [3.8, 4) is 11.5 Å². The van der Waals surface area contributed by atoms with Crippen molar-refractivity contribution in [3.05, 3.63) is 78.4 Å². The number of thioether (sulfide) groups is 1. The third-order valence-electron chi connectivity index (χ3n) is 5.08. The monoisotopic (exact) mass is 514 g/mol. The summed E-state index contributed by atoms with van der Waals surface area (Å²) in [7, 11) is -3.99. The first-order chi connectivity index (χ1) is 16.8. The summed E-state index contributed by atoms with van der Waals surface area (Å²) < 4.78 is 39.2. The highest BCUT2D eigenvalue weighted by Gasteiger charge is 2.27. The van der Waals surface area contributed by atoms with Gasteiger partial charge in [-0.2, -0.15) is 0 Å². The number of hydrogen-bond donors (Lipinski definition) is 1. The summed E-state index contributed by atoms with van der Waals surface area (Å²) in [6, 6.07) is 20.8. The lowest BCUT2D eigenvalue weighted by Gasteiger charge is -2.24. The molecular formula is C26H30N2O5S2. The van der Waals surface area contributed by atoms with Crippen LogP contribution in [-0.2, 0) is 14.8 Å². The maximum Gasteiger partial charge on any atom is 0.264 e. The van der Waals surface area contributed by atoms with Gasteiger partial charge in [-0.05, 0) is 80.8 Å². The maximum absolute atomic E-state index is 13.5. The number of ether oxygens (including phenoxy) is 2. The van der Waals surface area contributed by atoms with Crippen LogP contribution in [-0.4, -0.2) is 46.9 Å². The van der Waals surface area contributed by atoms with E-state index >= 15 is 0 Å². The van der Waals surface area contributed by atoms with Gasteiger partial charge in [0.05, 0.1) is 23.7 Å². The Balaban J connectivity index is 1.73. The van der Waals surface area contributed by atoms with Gasteiger partial charge in [0.2, 0.25) is 5.91 Å². The Morgan fingerprint density at radius 3 is 2.11 bits per heavy atom. The molecule has 0 saturated heterocycles. The Bertz CT molecular complexity index is 1200. The van der Waals surface area contributed by atoms with Crippen LogP contribution in [0.2, 0.25) is 0 Å². The zero-order valence-electron chi connectivity index (χ0n) is 20.1. The molecule has 0 unspecified atom stereocenters. The summed E-state index contributed by atoms with van der Waals surface area (Å²) in [6.07, 6.45) is 1.92. The van der Waals surface area contributed by atoms with Crippen LogP contribution < -0.4 is 19.1 Å². The summed E-state index contributed by atoms with van der Waals surface area (Å²) >= 11 is 1.52. The highest BCUT2D eigenvalue weighted by atomic mass is 32.2. The number of carbonyl (C=O) groups excluding carboxylic acids is 1. The predicted molar refractivity (Wildman–Crippen MR) is 140 cm³/mol. The smallest absolute Gasteiger partial charge is 0.264 e. The molecular weight excluding hydrogens is 484 g/mol.